The second-order valence-corrected chi connectivity index (χ2v) is 14.4. The average molecular weight is 739 g/mol. The standard InChI is InChI=1S/C34H37F3N10O4S/c1-44(52(2,50)51)27-5-3-4-23(18-27)19-39-31-29(34(35,36)37)21-40-32(43-31)41-24-6-9-26(10-7-24)46-16-14-45(15-17-46)22-25-8-11-28(20-38-25)47-13-12-30(48)42-33(47)49/h3-11,18,20-21H,12-17,19,22H2,1-2H3,(H,42,48,49)(H2,39,40,41,43). The summed E-state index contributed by atoms with van der Waals surface area (Å²) in [6.45, 7) is 4.08. The molecule has 0 unspecified atom stereocenters. The van der Waals surface area contributed by atoms with E-state index in [0.717, 1.165) is 54.3 Å². The van der Waals surface area contributed by atoms with Crippen molar-refractivity contribution in [3.05, 3.63) is 89.9 Å². The molecule has 2 aromatic heterocycles. The first kappa shape index (κ1) is 36.3. The van der Waals surface area contributed by atoms with Crippen LogP contribution in [0.4, 0.5) is 52.5 Å². The number of imide groups is 1. The van der Waals surface area contributed by atoms with Gasteiger partial charge >= 0.3 is 12.2 Å². The van der Waals surface area contributed by atoms with Gasteiger partial charge in [0.1, 0.15) is 11.4 Å². The molecule has 2 fully saturated rings. The van der Waals surface area contributed by atoms with Gasteiger partial charge in [0, 0.05) is 76.9 Å². The lowest BCUT2D eigenvalue weighted by atomic mass is 10.2. The number of urea groups is 1. The van der Waals surface area contributed by atoms with E-state index in [1.807, 2.05) is 36.4 Å². The molecule has 2 aliphatic rings. The molecular weight excluding hydrogens is 702 g/mol. The second kappa shape index (κ2) is 15.0. The molecule has 0 bridgehead atoms. The van der Waals surface area contributed by atoms with Crippen LogP contribution in [0.15, 0.2) is 73.1 Å². The summed E-state index contributed by atoms with van der Waals surface area (Å²) in [4.78, 5) is 42.1. The number of carbonyl (C=O) groups is 2. The zero-order chi connectivity index (χ0) is 37.0. The van der Waals surface area contributed by atoms with E-state index in [1.165, 1.54) is 11.9 Å². The molecule has 0 spiro atoms. The zero-order valence-corrected chi connectivity index (χ0v) is 29.2. The van der Waals surface area contributed by atoms with Gasteiger partial charge in [-0.05, 0) is 54.1 Å². The molecule has 3 N–H and O–H groups in total. The van der Waals surface area contributed by atoms with Gasteiger partial charge in [0.25, 0.3) is 0 Å². The van der Waals surface area contributed by atoms with Crippen molar-refractivity contribution >= 4 is 56.5 Å². The number of alkyl halides is 3. The summed E-state index contributed by atoms with van der Waals surface area (Å²) in [6, 6.07) is 17.2. The van der Waals surface area contributed by atoms with Crippen molar-refractivity contribution in [2.75, 3.05) is 70.8 Å². The minimum atomic E-state index is -4.71. The number of hydrogen-bond donors (Lipinski definition) is 3. The van der Waals surface area contributed by atoms with E-state index in [1.54, 1.807) is 30.5 Å². The molecule has 0 radical (unpaired) electrons. The van der Waals surface area contributed by atoms with Crippen molar-refractivity contribution < 1.29 is 31.2 Å². The van der Waals surface area contributed by atoms with Crippen molar-refractivity contribution in [1.82, 2.24) is 25.2 Å². The van der Waals surface area contributed by atoms with Crippen LogP contribution in [0.5, 0.6) is 0 Å². The number of amides is 3. The summed E-state index contributed by atoms with van der Waals surface area (Å²) in [5, 5.41) is 8.03. The number of rotatable bonds is 11. The topological polar surface area (TPSA) is 156 Å². The molecular formula is C34H37F3N10O4S. The Morgan fingerprint density at radius 3 is 2.31 bits per heavy atom. The Bertz CT molecular complexity index is 2020. The monoisotopic (exact) mass is 738 g/mol. The third kappa shape index (κ3) is 8.86. The lowest BCUT2D eigenvalue weighted by Crippen LogP contribution is -2.49. The van der Waals surface area contributed by atoms with Crippen LogP contribution < -0.4 is 30.1 Å². The largest absolute Gasteiger partial charge is 0.421 e. The highest BCUT2D eigenvalue weighted by atomic mass is 32.2. The van der Waals surface area contributed by atoms with E-state index in [0.29, 0.717) is 35.7 Å². The van der Waals surface area contributed by atoms with Gasteiger partial charge in [0.15, 0.2) is 0 Å². The molecule has 14 nitrogen and oxygen atoms in total. The summed E-state index contributed by atoms with van der Waals surface area (Å²) in [5.41, 5.74) is 2.99. The van der Waals surface area contributed by atoms with Crippen molar-refractivity contribution in [2.45, 2.75) is 25.7 Å². The number of sulfonamides is 1. The van der Waals surface area contributed by atoms with Gasteiger partial charge in [-0.25, -0.2) is 18.2 Å². The summed E-state index contributed by atoms with van der Waals surface area (Å²) in [7, 11) is -2.12. The maximum atomic E-state index is 13.8. The van der Waals surface area contributed by atoms with Gasteiger partial charge in [0.05, 0.1) is 29.5 Å². The minimum Gasteiger partial charge on any atom is -0.369 e. The van der Waals surface area contributed by atoms with E-state index in [-0.39, 0.29) is 24.8 Å². The smallest absolute Gasteiger partial charge is 0.369 e. The van der Waals surface area contributed by atoms with Crippen LogP contribution in [-0.2, 0) is 34.1 Å². The fourth-order valence-corrected chi connectivity index (χ4v) is 6.28. The van der Waals surface area contributed by atoms with Crippen LogP contribution in [0.3, 0.4) is 0 Å². The number of nitrogens with one attached hydrogen (secondary N) is 3. The predicted molar refractivity (Wildman–Crippen MR) is 191 cm³/mol. The van der Waals surface area contributed by atoms with Crippen molar-refractivity contribution in [3.8, 4) is 0 Å². The quantitative estimate of drug-likeness (QED) is 0.200. The molecule has 0 atom stereocenters. The Labute approximate surface area is 298 Å². The van der Waals surface area contributed by atoms with Crippen molar-refractivity contribution in [2.24, 2.45) is 0 Å². The number of piperazine rings is 1. The molecule has 4 heterocycles. The Morgan fingerprint density at radius 2 is 1.65 bits per heavy atom. The number of hydrogen-bond acceptors (Lipinski definition) is 11. The van der Waals surface area contributed by atoms with Crippen LogP contribution in [0.2, 0.25) is 0 Å². The Kier molecular flexibility index (Phi) is 10.5. The number of nitrogens with zero attached hydrogens (tertiary/aromatic N) is 7. The van der Waals surface area contributed by atoms with E-state index < -0.39 is 33.6 Å². The summed E-state index contributed by atoms with van der Waals surface area (Å²) in [6.07, 6.45) is -1.03. The van der Waals surface area contributed by atoms with Gasteiger partial charge in [-0.15, -0.1) is 0 Å². The highest BCUT2D eigenvalue weighted by Crippen LogP contribution is 2.34. The second-order valence-electron chi connectivity index (χ2n) is 12.4. The Balaban J connectivity index is 1.04. The molecule has 6 rings (SSSR count). The highest BCUT2D eigenvalue weighted by molar-refractivity contribution is 7.92. The van der Waals surface area contributed by atoms with E-state index in [9.17, 15) is 31.2 Å². The number of halogens is 3. The van der Waals surface area contributed by atoms with Gasteiger partial charge in [0.2, 0.25) is 21.9 Å². The van der Waals surface area contributed by atoms with Gasteiger partial charge in [-0.3, -0.25) is 29.2 Å². The lowest BCUT2D eigenvalue weighted by molar-refractivity contribution is -0.137. The van der Waals surface area contributed by atoms with Crippen LogP contribution in [0, 0.1) is 0 Å². The first-order valence-corrected chi connectivity index (χ1v) is 18.2. The van der Waals surface area contributed by atoms with E-state index >= 15 is 0 Å². The number of benzene rings is 2. The van der Waals surface area contributed by atoms with Crippen LogP contribution in [0.25, 0.3) is 0 Å². The van der Waals surface area contributed by atoms with Crippen LogP contribution in [0.1, 0.15) is 23.2 Å². The molecule has 4 aromatic rings. The molecule has 18 heteroatoms. The van der Waals surface area contributed by atoms with Crippen molar-refractivity contribution in [1.29, 1.82) is 0 Å². The maximum absolute atomic E-state index is 13.8. The van der Waals surface area contributed by atoms with Gasteiger partial charge < -0.3 is 15.5 Å². The fourth-order valence-electron chi connectivity index (χ4n) is 5.78. The third-order valence-electron chi connectivity index (χ3n) is 8.75. The van der Waals surface area contributed by atoms with Crippen LogP contribution in [-0.4, -0.2) is 86.2 Å². The molecule has 0 saturated carbocycles. The number of anilines is 6. The van der Waals surface area contributed by atoms with E-state index in [4.69, 9.17) is 0 Å². The molecule has 274 valence electrons. The average Bonchev–Trinajstić information content (AvgIpc) is 3.11. The van der Waals surface area contributed by atoms with Crippen LogP contribution >= 0.6 is 0 Å². The van der Waals surface area contributed by atoms with Gasteiger partial charge in [-0.1, -0.05) is 12.1 Å². The molecule has 2 saturated heterocycles. The SMILES string of the molecule is CN(c1cccc(CNc2nc(Nc3ccc(N4CCN(Cc5ccc(N6CCC(=O)NC6=O)cn5)CC4)cc3)ncc2C(F)(F)F)c1)S(C)(=O)=O. The zero-order valence-electron chi connectivity index (χ0n) is 28.4. The van der Waals surface area contributed by atoms with Gasteiger partial charge in [-0.2, -0.15) is 18.2 Å². The molecule has 2 aliphatic heterocycles. The van der Waals surface area contributed by atoms with Crippen molar-refractivity contribution in [3.63, 3.8) is 0 Å². The number of carbonyl (C=O) groups excluding carboxylic acids is 2. The fraction of sp³-hybridized carbons (Fsp3) is 0.324. The third-order valence-corrected chi connectivity index (χ3v) is 9.95. The first-order valence-electron chi connectivity index (χ1n) is 16.3. The normalized spacial score (nSPS) is 15.7. The first-order chi connectivity index (χ1) is 24.7. The summed E-state index contributed by atoms with van der Waals surface area (Å²) in [5.74, 6) is -0.730. The Morgan fingerprint density at radius 1 is 0.923 bits per heavy atom. The molecule has 52 heavy (non-hydrogen) atoms. The lowest BCUT2D eigenvalue weighted by Gasteiger charge is -2.36. The highest BCUT2D eigenvalue weighted by Gasteiger charge is 2.35. The maximum Gasteiger partial charge on any atom is 0.421 e. The molecule has 0 aliphatic carbocycles. The number of pyridine rings is 1. The van der Waals surface area contributed by atoms with E-state index in [2.05, 4.69) is 40.7 Å². The molecule has 2 aromatic carbocycles. The number of aromatic nitrogens is 3. The Hall–Kier alpha value is -5.49. The summed E-state index contributed by atoms with van der Waals surface area (Å²) < 4.78 is 66.5. The minimum absolute atomic E-state index is 0.0293. The molecule has 3 amide bonds. The predicted octanol–water partition coefficient (Wildman–Crippen LogP) is 4.41. The summed E-state index contributed by atoms with van der Waals surface area (Å²) >= 11 is 0.